The largest absolute Gasteiger partial charge is 0.364 e. The van der Waals surface area contributed by atoms with Gasteiger partial charge in [-0.15, -0.1) is 18.2 Å². The molecule has 0 aliphatic carbocycles. The van der Waals surface area contributed by atoms with Crippen LogP contribution in [0.1, 0.15) is 40.5 Å². The summed E-state index contributed by atoms with van der Waals surface area (Å²) in [5.41, 5.74) is 0. The van der Waals surface area contributed by atoms with Crippen molar-refractivity contribution >= 4 is 40.7 Å². The van der Waals surface area contributed by atoms with E-state index in [2.05, 4.69) is 27.7 Å². The van der Waals surface area contributed by atoms with Crippen molar-refractivity contribution in [2.75, 3.05) is 0 Å². The van der Waals surface area contributed by atoms with Gasteiger partial charge in [0.25, 0.3) is 0 Å². The van der Waals surface area contributed by atoms with Gasteiger partial charge in [-0.05, 0) is 0 Å². The third-order valence-corrected chi connectivity index (χ3v) is 5.74. The molecule has 0 saturated carbocycles. The van der Waals surface area contributed by atoms with Gasteiger partial charge in [0.1, 0.15) is 0 Å². The van der Waals surface area contributed by atoms with Gasteiger partial charge in [0.15, 0.2) is 0 Å². The Morgan fingerprint density at radius 1 is 0.667 bits per heavy atom. The quantitative estimate of drug-likeness (QED) is 0.442. The average molecular weight is 193 g/mol. The molecule has 0 rings (SSSR count). The van der Waals surface area contributed by atoms with E-state index >= 15 is 0 Å². The lowest BCUT2D eigenvalue weighted by Crippen LogP contribution is -1.84. The van der Waals surface area contributed by atoms with Crippen molar-refractivity contribution in [3.05, 3.63) is 0 Å². The number of rotatable bonds is 6. The van der Waals surface area contributed by atoms with Gasteiger partial charge >= 0.3 is 40.7 Å². The highest BCUT2D eigenvalue weighted by atomic mass is 24.5. The van der Waals surface area contributed by atoms with E-state index in [0.29, 0.717) is 40.7 Å². The minimum absolute atomic E-state index is 0.411. The summed E-state index contributed by atoms with van der Waals surface area (Å²) in [7, 11) is 0. The third-order valence-electron chi connectivity index (χ3n) is 1.91. The summed E-state index contributed by atoms with van der Waals surface area (Å²) in [6.45, 7) is 9.11. The summed E-state index contributed by atoms with van der Waals surface area (Å²) in [6.07, 6.45) is 2.85. The molecule has 0 aromatic heterocycles. The van der Waals surface area contributed by atoms with Gasteiger partial charge in [-0.1, -0.05) is 40.5 Å². The van der Waals surface area contributed by atoms with Crippen molar-refractivity contribution < 1.29 is 0 Å². The highest BCUT2D eigenvalue weighted by molar-refractivity contribution is 6.35. The van der Waals surface area contributed by atoms with Crippen molar-refractivity contribution in [3.8, 4) is 0 Å². The fraction of sp³-hybridized carbons (Fsp3) is 1.00. The van der Waals surface area contributed by atoms with Gasteiger partial charge in [-0.3, -0.25) is 0 Å². The van der Waals surface area contributed by atoms with Gasteiger partial charge in [-0.25, -0.2) is 0 Å². The van der Waals surface area contributed by atoms with Crippen LogP contribution in [-0.2, 0) is 0 Å². The van der Waals surface area contributed by atoms with E-state index in [0.717, 1.165) is 0 Å². The normalized spacial score (nSPS) is 7.67. The maximum atomic E-state index is 2.28. The molecule has 0 aromatic carbocycles. The topological polar surface area (TPSA) is 0 Å². The van der Waals surface area contributed by atoms with Crippen LogP contribution in [-0.4, -0.2) is 40.7 Å². The Hall–Kier alpha value is 1.53. The Kier molecular flexibility index (Phi) is 24.4. The lowest BCUT2D eigenvalue weighted by Gasteiger charge is -1.86. The fourth-order valence-electron chi connectivity index (χ4n) is 1.03. The van der Waals surface area contributed by atoms with E-state index in [1.54, 1.807) is 9.10 Å². The lowest BCUT2D eigenvalue weighted by molar-refractivity contribution is 1.02. The molecule has 0 fully saturated rings. The van der Waals surface area contributed by atoms with E-state index in [1.165, 1.54) is 21.9 Å². The molecule has 12 heavy (non-hydrogen) atoms. The van der Waals surface area contributed by atoms with E-state index in [4.69, 9.17) is 0 Å². The number of hydrogen-bond acceptors (Lipinski definition) is 0. The van der Waals surface area contributed by atoms with Crippen LogP contribution in [0.4, 0.5) is 0 Å². The molecule has 0 saturated heterocycles. The van der Waals surface area contributed by atoms with Crippen LogP contribution in [0, 0.1) is 0 Å². The molecule has 0 unspecified atom stereocenters. The molecule has 68 valence electrons. The molecule has 0 aliphatic heterocycles. The minimum atomic E-state index is 0.411. The summed E-state index contributed by atoms with van der Waals surface area (Å²) < 4.78 is 6.09. The molecular weight excluding hydrogens is 169 g/mol. The maximum Gasteiger partial charge on any atom is 0.364 e. The van der Waals surface area contributed by atoms with E-state index in [-0.39, 0.29) is 0 Å². The number of hydrogen-bond donors (Lipinski definition) is 0. The molecule has 0 bridgehead atoms. The molecule has 0 radical (unpaired) electrons. The van der Waals surface area contributed by atoms with Crippen LogP contribution in [0.15, 0.2) is 0 Å². The van der Waals surface area contributed by atoms with Crippen molar-refractivity contribution in [1.82, 2.24) is 0 Å². The standard InChI is InChI=1S/2C3H7.2C2H5.2Mg/c2*1-3-2;2*1-2;;/h2*1,3H2,2H3;2*1H2,2H3;;. The average Bonchev–Trinajstić information content (AvgIpc) is 2.08. The Balaban J connectivity index is 0. The van der Waals surface area contributed by atoms with Crippen molar-refractivity contribution in [2.45, 2.75) is 58.7 Å². The first-order chi connectivity index (χ1) is 5.83. The summed E-state index contributed by atoms with van der Waals surface area (Å²) in [5.74, 6) is 0. The van der Waals surface area contributed by atoms with Crippen LogP contribution in [0.2, 0.25) is 18.2 Å². The zero-order chi connectivity index (χ0) is 9.66. The predicted octanol–water partition coefficient (Wildman–Crippen LogP) is 3.91. The zero-order valence-corrected chi connectivity index (χ0v) is 12.5. The first-order valence-electron chi connectivity index (χ1n) is 5.83. The van der Waals surface area contributed by atoms with Crippen LogP contribution in [0.5, 0.6) is 0 Å². The molecule has 2 heteroatoms. The zero-order valence-electron chi connectivity index (χ0n) is 9.66. The highest BCUT2D eigenvalue weighted by Crippen LogP contribution is 1.92. The third kappa shape index (κ3) is 22.5. The summed E-state index contributed by atoms with van der Waals surface area (Å²) in [6, 6.07) is 0. The predicted molar refractivity (Wildman–Crippen MR) is 62.7 cm³/mol. The fourth-order valence-corrected chi connectivity index (χ4v) is 3.09. The molecule has 0 aliphatic rings. The van der Waals surface area contributed by atoms with Gasteiger partial charge in [0.2, 0.25) is 0 Å². The summed E-state index contributed by atoms with van der Waals surface area (Å²) in [4.78, 5) is 0. The van der Waals surface area contributed by atoms with Crippen molar-refractivity contribution in [1.29, 1.82) is 0 Å². The Bertz CT molecular complexity index is 49.8. The molecule has 0 heterocycles. The van der Waals surface area contributed by atoms with Crippen molar-refractivity contribution in [3.63, 3.8) is 0 Å². The molecule has 0 spiro atoms. The van der Waals surface area contributed by atoms with E-state index in [1.807, 2.05) is 0 Å². The molecule has 0 atom stereocenters. The smallest absolute Gasteiger partial charge is 0.149 e. The summed E-state index contributed by atoms with van der Waals surface area (Å²) in [5, 5.41) is 0. The monoisotopic (exact) mass is 192 g/mol. The van der Waals surface area contributed by atoms with Crippen LogP contribution >= 0.6 is 0 Å². The first-order valence-corrected chi connectivity index (χ1v) is 9.83. The van der Waals surface area contributed by atoms with Crippen LogP contribution in [0.3, 0.4) is 0 Å². The Morgan fingerprint density at radius 2 is 1.08 bits per heavy atom. The van der Waals surface area contributed by atoms with E-state index < -0.39 is 0 Å². The van der Waals surface area contributed by atoms with E-state index in [9.17, 15) is 0 Å². The van der Waals surface area contributed by atoms with Gasteiger partial charge < -0.3 is 0 Å². The second kappa shape index (κ2) is 18.3. The van der Waals surface area contributed by atoms with Crippen LogP contribution in [0.25, 0.3) is 0 Å². The second-order valence-electron chi connectivity index (χ2n) is 3.41. The van der Waals surface area contributed by atoms with Gasteiger partial charge in [0.05, 0.1) is 0 Å². The Labute approximate surface area is 98.7 Å². The van der Waals surface area contributed by atoms with Crippen LogP contribution < -0.4 is 0 Å². The molecule has 0 amide bonds. The SMILES string of the molecule is CC[CH2][Mg][CH2]CC.C[CH2][Mg][CH2]C. The lowest BCUT2D eigenvalue weighted by atomic mass is 10.6. The van der Waals surface area contributed by atoms with Crippen molar-refractivity contribution in [2.24, 2.45) is 0 Å². The first kappa shape index (κ1) is 16.0. The molecule has 0 nitrogen and oxygen atoms in total. The Morgan fingerprint density at radius 3 is 1.25 bits per heavy atom. The molecular formula is C10H24Mg2. The molecule has 0 aromatic rings. The summed E-state index contributed by atoms with van der Waals surface area (Å²) >= 11 is 0.843. The highest BCUT2D eigenvalue weighted by Gasteiger charge is 1.88. The second-order valence-corrected chi connectivity index (χ2v) is 8.24. The minimum Gasteiger partial charge on any atom is -0.149 e. The molecule has 0 N–H and O–H groups in total. The van der Waals surface area contributed by atoms with Gasteiger partial charge in [0, 0.05) is 0 Å². The maximum absolute atomic E-state index is 2.28. The van der Waals surface area contributed by atoms with Gasteiger partial charge in [-0.2, -0.15) is 0 Å².